The number of anilines is 1. The summed E-state index contributed by atoms with van der Waals surface area (Å²) in [6, 6.07) is 9.09. The van der Waals surface area contributed by atoms with Crippen molar-refractivity contribution in [2.45, 2.75) is 24.2 Å². The number of sulfonamides is 1. The Kier molecular flexibility index (Phi) is 7.65. The molecule has 2 aromatic carbocycles. The number of ether oxygens (including phenoxy) is 1. The topological polar surface area (TPSA) is 131 Å². The van der Waals surface area contributed by atoms with Crippen molar-refractivity contribution < 1.29 is 22.9 Å². The fourth-order valence-electron chi connectivity index (χ4n) is 3.49. The molecule has 0 radical (unpaired) electrons. The Bertz CT molecular complexity index is 1070. The Morgan fingerprint density at radius 3 is 2.44 bits per heavy atom. The molecule has 2 N–H and O–H groups in total. The van der Waals surface area contributed by atoms with E-state index >= 15 is 0 Å². The van der Waals surface area contributed by atoms with E-state index in [0.717, 1.165) is 25.7 Å². The first-order chi connectivity index (χ1) is 15.3. The Hall–Kier alpha value is -3.18. The number of rotatable bonds is 9. The molecule has 172 valence electrons. The maximum Gasteiger partial charge on any atom is 0.271 e. The number of carbonyl (C=O) groups excluding carboxylic acids is 1. The minimum absolute atomic E-state index is 0.0544. The monoisotopic (exact) mass is 462 g/mol. The number of benzene rings is 2. The average Bonchev–Trinajstić information content (AvgIpc) is 2.79. The number of hydrogen-bond acceptors (Lipinski definition) is 7. The highest BCUT2D eigenvalue weighted by molar-refractivity contribution is 7.92. The van der Waals surface area contributed by atoms with E-state index in [1.54, 1.807) is 0 Å². The fourth-order valence-corrected chi connectivity index (χ4v) is 4.55. The van der Waals surface area contributed by atoms with E-state index in [1.807, 2.05) is 0 Å². The van der Waals surface area contributed by atoms with Crippen molar-refractivity contribution in [3.05, 3.63) is 58.1 Å². The molecule has 3 rings (SSSR count). The summed E-state index contributed by atoms with van der Waals surface area (Å²) < 4.78 is 32.9. The van der Waals surface area contributed by atoms with Gasteiger partial charge in [-0.25, -0.2) is 8.42 Å². The summed E-state index contributed by atoms with van der Waals surface area (Å²) in [6.07, 6.45) is 3.61. The van der Waals surface area contributed by atoms with Crippen LogP contribution >= 0.6 is 0 Å². The lowest BCUT2D eigenvalue weighted by Crippen LogP contribution is -2.37. The number of carbonyl (C=O) groups is 1. The molecule has 1 saturated heterocycles. The van der Waals surface area contributed by atoms with E-state index < -0.39 is 14.9 Å². The first kappa shape index (κ1) is 23.5. The first-order valence-electron chi connectivity index (χ1n) is 10.3. The Morgan fingerprint density at radius 1 is 1.12 bits per heavy atom. The number of nitrogens with one attached hydrogen (secondary N) is 2. The number of methoxy groups -OCH3 is 1. The van der Waals surface area contributed by atoms with Crippen LogP contribution in [-0.2, 0) is 10.0 Å². The summed E-state index contributed by atoms with van der Waals surface area (Å²) in [5.74, 6) is -0.136. The lowest BCUT2D eigenvalue weighted by atomic mass is 10.1. The van der Waals surface area contributed by atoms with E-state index in [1.165, 1.54) is 62.8 Å². The molecule has 1 aliphatic rings. The number of hydrogen-bond donors (Lipinski definition) is 2. The highest BCUT2D eigenvalue weighted by Gasteiger charge is 2.20. The molecule has 0 saturated carbocycles. The van der Waals surface area contributed by atoms with Gasteiger partial charge in [0.05, 0.1) is 22.6 Å². The van der Waals surface area contributed by atoms with Crippen LogP contribution in [0.25, 0.3) is 0 Å². The first-order valence-corrected chi connectivity index (χ1v) is 11.7. The highest BCUT2D eigenvalue weighted by Crippen LogP contribution is 2.30. The van der Waals surface area contributed by atoms with Crippen molar-refractivity contribution in [3.8, 4) is 5.75 Å². The predicted molar refractivity (Wildman–Crippen MR) is 120 cm³/mol. The second-order valence-electron chi connectivity index (χ2n) is 7.43. The molecule has 1 aliphatic heterocycles. The molecular weight excluding hydrogens is 436 g/mol. The number of piperidine rings is 1. The lowest BCUT2D eigenvalue weighted by Gasteiger charge is -2.26. The molecule has 0 aromatic heterocycles. The largest absolute Gasteiger partial charge is 0.495 e. The molecule has 10 nitrogen and oxygen atoms in total. The van der Waals surface area contributed by atoms with Gasteiger partial charge in [-0.05, 0) is 56.3 Å². The van der Waals surface area contributed by atoms with Gasteiger partial charge in [0, 0.05) is 30.8 Å². The van der Waals surface area contributed by atoms with Crippen molar-refractivity contribution in [2.24, 2.45) is 0 Å². The lowest BCUT2D eigenvalue weighted by molar-refractivity contribution is -0.384. The van der Waals surface area contributed by atoms with Crippen LogP contribution in [0.15, 0.2) is 47.4 Å². The van der Waals surface area contributed by atoms with Crippen LogP contribution in [0.2, 0.25) is 0 Å². The standard InChI is InChI=1S/C21H26N4O6S/c1-31-20-10-7-17(25(27)28)15-19(20)23-32(29,30)18-8-5-16(6-9-18)21(26)22-11-14-24-12-3-2-4-13-24/h5-10,15,23H,2-4,11-14H2,1H3,(H,22,26). The van der Waals surface area contributed by atoms with Crippen LogP contribution in [0, 0.1) is 10.1 Å². The normalized spacial score (nSPS) is 14.5. The molecule has 0 aliphatic carbocycles. The molecule has 32 heavy (non-hydrogen) atoms. The molecule has 1 amide bonds. The van der Waals surface area contributed by atoms with Gasteiger partial charge in [-0.15, -0.1) is 0 Å². The zero-order valence-electron chi connectivity index (χ0n) is 17.7. The van der Waals surface area contributed by atoms with Crippen molar-refractivity contribution in [1.82, 2.24) is 10.2 Å². The number of likely N-dealkylation sites (tertiary alicyclic amines) is 1. The van der Waals surface area contributed by atoms with Crippen LogP contribution in [0.3, 0.4) is 0 Å². The van der Waals surface area contributed by atoms with Gasteiger partial charge in [-0.1, -0.05) is 6.42 Å². The zero-order valence-corrected chi connectivity index (χ0v) is 18.6. The van der Waals surface area contributed by atoms with E-state index in [4.69, 9.17) is 4.74 Å². The smallest absolute Gasteiger partial charge is 0.271 e. The van der Waals surface area contributed by atoms with Gasteiger partial charge in [-0.2, -0.15) is 0 Å². The Balaban J connectivity index is 1.65. The molecule has 0 spiro atoms. The minimum atomic E-state index is -4.05. The van der Waals surface area contributed by atoms with Crippen LogP contribution < -0.4 is 14.8 Å². The van der Waals surface area contributed by atoms with E-state index in [-0.39, 0.29) is 27.9 Å². The van der Waals surface area contributed by atoms with Crippen LogP contribution in [0.4, 0.5) is 11.4 Å². The average molecular weight is 463 g/mol. The van der Waals surface area contributed by atoms with Crippen molar-refractivity contribution >= 4 is 27.3 Å². The van der Waals surface area contributed by atoms with Crippen molar-refractivity contribution in [1.29, 1.82) is 0 Å². The molecule has 0 unspecified atom stereocenters. The van der Waals surface area contributed by atoms with Crippen LogP contribution in [-0.4, -0.2) is 57.4 Å². The second kappa shape index (κ2) is 10.4. The second-order valence-corrected chi connectivity index (χ2v) is 9.11. The molecule has 11 heteroatoms. The molecular formula is C21H26N4O6S. The van der Waals surface area contributed by atoms with E-state index in [2.05, 4.69) is 14.9 Å². The quantitative estimate of drug-likeness (QED) is 0.433. The number of nitro groups is 1. The molecule has 1 heterocycles. The number of nitro benzene ring substituents is 1. The Morgan fingerprint density at radius 2 is 1.81 bits per heavy atom. The fraction of sp³-hybridized carbons (Fsp3) is 0.381. The third-order valence-corrected chi connectivity index (χ3v) is 6.61. The molecule has 2 aromatic rings. The van der Waals surface area contributed by atoms with Gasteiger partial charge >= 0.3 is 0 Å². The maximum absolute atomic E-state index is 12.7. The summed E-state index contributed by atoms with van der Waals surface area (Å²) in [7, 11) is -2.72. The maximum atomic E-state index is 12.7. The number of amides is 1. The summed E-state index contributed by atoms with van der Waals surface area (Å²) in [4.78, 5) is 24.9. The third kappa shape index (κ3) is 5.95. The van der Waals surface area contributed by atoms with Gasteiger partial charge in [-0.3, -0.25) is 19.6 Å². The highest BCUT2D eigenvalue weighted by atomic mass is 32.2. The van der Waals surface area contributed by atoms with E-state index in [9.17, 15) is 23.3 Å². The summed E-state index contributed by atoms with van der Waals surface area (Å²) in [5.41, 5.74) is 0.0110. The van der Waals surface area contributed by atoms with Crippen LogP contribution in [0.1, 0.15) is 29.6 Å². The summed E-state index contributed by atoms with van der Waals surface area (Å²) in [5, 5.41) is 13.9. The van der Waals surface area contributed by atoms with Gasteiger partial charge in [0.25, 0.3) is 21.6 Å². The van der Waals surface area contributed by atoms with Gasteiger partial charge in [0.15, 0.2) is 0 Å². The van der Waals surface area contributed by atoms with E-state index in [0.29, 0.717) is 12.1 Å². The minimum Gasteiger partial charge on any atom is -0.495 e. The third-order valence-electron chi connectivity index (χ3n) is 5.23. The van der Waals surface area contributed by atoms with Crippen LogP contribution in [0.5, 0.6) is 5.75 Å². The zero-order chi connectivity index (χ0) is 23.1. The van der Waals surface area contributed by atoms with Crippen molar-refractivity contribution in [2.75, 3.05) is 38.0 Å². The molecule has 0 atom stereocenters. The van der Waals surface area contributed by atoms with Gasteiger partial charge in [0.2, 0.25) is 0 Å². The Labute approximate surface area is 186 Å². The SMILES string of the molecule is COc1ccc([N+](=O)[O-])cc1NS(=O)(=O)c1ccc(C(=O)NCCN2CCCCC2)cc1. The molecule has 0 bridgehead atoms. The number of non-ortho nitro benzene ring substituents is 1. The van der Waals surface area contributed by atoms with Gasteiger partial charge < -0.3 is 15.0 Å². The van der Waals surface area contributed by atoms with Gasteiger partial charge in [0.1, 0.15) is 5.75 Å². The summed E-state index contributed by atoms with van der Waals surface area (Å²) in [6.45, 7) is 3.40. The summed E-state index contributed by atoms with van der Waals surface area (Å²) >= 11 is 0. The molecule has 1 fully saturated rings. The predicted octanol–water partition coefficient (Wildman–Crippen LogP) is 2.62. The number of nitrogens with zero attached hydrogens (tertiary/aromatic N) is 2. The van der Waals surface area contributed by atoms with Crippen molar-refractivity contribution in [3.63, 3.8) is 0 Å².